The van der Waals surface area contributed by atoms with Crippen molar-refractivity contribution in [3.8, 4) is 5.69 Å². The first-order chi connectivity index (χ1) is 11.4. The predicted molar refractivity (Wildman–Crippen MR) is 81.6 cm³/mol. The van der Waals surface area contributed by atoms with Crippen LogP contribution in [0.1, 0.15) is 5.56 Å². The molecule has 3 aromatic rings. The lowest BCUT2D eigenvalue weighted by Gasteiger charge is -2.11. The highest BCUT2D eigenvalue weighted by atomic mass is 35.5. The Kier molecular flexibility index (Phi) is 5.35. The molecule has 0 aliphatic carbocycles. The lowest BCUT2D eigenvalue weighted by atomic mass is 10.2. The number of halogens is 4. The van der Waals surface area contributed by atoms with E-state index >= 15 is 0 Å². The molecule has 6 nitrogen and oxygen atoms in total. The van der Waals surface area contributed by atoms with Gasteiger partial charge in [-0.15, -0.1) is 0 Å². The van der Waals surface area contributed by atoms with Crippen molar-refractivity contribution in [3.63, 3.8) is 0 Å². The number of rotatable bonds is 1. The van der Waals surface area contributed by atoms with Gasteiger partial charge in [-0.05, 0) is 30.7 Å². The predicted octanol–water partition coefficient (Wildman–Crippen LogP) is 2.22. The van der Waals surface area contributed by atoms with Crippen LogP contribution in [0.25, 0.3) is 11.5 Å². The number of fused-ring (bicyclic) bond motifs is 1. The summed E-state index contributed by atoms with van der Waals surface area (Å²) in [5.41, 5.74) is -0.288. The van der Waals surface area contributed by atoms with Gasteiger partial charge in [-0.25, -0.2) is 22.5 Å². The molecule has 0 aliphatic rings. The average Bonchev–Trinajstić information content (AvgIpc) is 2.51. The van der Waals surface area contributed by atoms with Crippen LogP contribution >= 0.6 is 11.6 Å². The third kappa shape index (κ3) is 3.46. The second kappa shape index (κ2) is 7.26. The van der Waals surface area contributed by atoms with Crippen molar-refractivity contribution in [2.75, 3.05) is 6.93 Å². The fourth-order valence-electron chi connectivity index (χ4n) is 1.98. The highest BCUT2D eigenvalue weighted by Gasteiger charge is 2.12. The van der Waals surface area contributed by atoms with E-state index in [1.165, 1.54) is 0 Å². The molecule has 0 spiro atoms. The van der Waals surface area contributed by atoms with Gasteiger partial charge in [0.15, 0.2) is 0 Å². The largest absolute Gasteiger partial charge is 0.371 e. The third-order valence-electron chi connectivity index (χ3n) is 2.99. The minimum Gasteiger partial charge on any atom is -0.269 e. The maximum absolute atomic E-state index is 13.8. The van der Waals surface area contributed by atoms with Crippen LogP contribution in [0.5, 0.6) is 0 Å². The zero-order valence-electron chi connectivity index (χ0n) is 12.2. The standard InChI is InChI=1S/C13H8ClFN4O2.CH2F2/c1-7-4-8(2-3-9(7)14)19-11(20)5-10(15)18-6-16-12(21)17-13(18)19;2-1-3/h2-6H,1H3;1H2. The summed E-state index contributed by atoms with van der Waals surface area (Å²) in [7, 11) is 0. The quantitative estimate of drug-likeness (QED) is 0.625. The van der Waals surface area contributed by atoms with Gasteiger partial charge in [0, 0.05) is 5.02 Å². The Balaban J connectivity index is 0.000000647. The monoisotopic (exact) mass is 358 g/mol. The van der Waals surface area contributed by atoms with Crippen LogP contribution < -0.4 is 11.2 Å². The highest BCUT2D eigenvalue weighted by molar-refractivity contribution is 6.31. The van der Waals surface area contributed by atoms with Crippen molar-refractivity contribution < 1.29 is 13.2 Å². The molecule has 0 aliphatic heterocycles. The number of nitrogens with zero attached hydrogens (tertiary/aromatic N) is 4. The van der Waals surface area contributed by atoms with Gasteiger partial charge in [-0.1, -0.05) is 11.6 Å². The van der Waals surface area contributed by atoms with Crippen LogP contribution in [-0.2, 0) is 0 Å². The maximum Gasteiger partial charge on any atom is 0.371 e. The van der Waals surface area contributed by atoms with E-state index in [4.69, 9.17) is 11.6 Å². The van der Waals surface area contributed by atoms with E-state index < -0.39 is 24.1 Å². The summed E-state index contributed by atoms with van der Waals surface area (Å²) in [5.74, 6) is -1.00. The van der Waals surface area contributed by atoms with E-state index in [1.807, 2.05) is 0 Å². The fourth-order valence-corrected chi connectivity index (χ4v) is 2.10. The van der Waals surface area contributed by atoms with Crippen LogP contribution in [0.15, 0.2) is 40.2 Å². The molecule has 0 radical (unpaired) electrons. The molecule has 2 heterocycles. The molecule has 0 saturated carbocycles. The first-order valence-electron chi connectivity index (χ1n) is 6.44. The lowest BCUT2D eigenvalue weighted by molar-refractivity contribution is 0.295. The van der Waals surface area contributed by atoms with E-state index in [-0.39, 0.29) is 5.78 Å². The van der Waals surface area contributed by atoms with E-state index in [0.717, 1.165) is 26.9 Å². The van der Waals surface area contributed by atoms with Crippen molar-refractivity contribution in [1.29, 1.82) is 0 Å². The van der Waals surface area contributed by atoms with Gasteiger partial charge in [-0.3, -0.25) is 4.79 Å². The summed E-state index contributed by atoms with van der Waals surface area (Å²) < 4.78 is 35.1. The van der Waals surface area contributed by atoms with Gasteiger partial charge in [0.25, 0.3) is 5.56 Å². The summed E-state index contributed by atoms with van der Waals surface area (Å²) >= 11 is 5.95. The number of benzene rings is 1. The normalized spacial score (nSPS) is 10.4. The molecule has 0 unspecified atom stereocenters. The topological polar surface area (TPSA) is 69.3 Å². The van der Waals surface area contributed by atoms with E-state index in [1.54, 1.807) is 25.1 Å². The van der Waals surface area contributed by atoms with Gasteiger partial charge < -0.3 is 0 Å². The van der Waals surface area contributed by atoms with Crippen molar-refractivity contribution in [1.82, 2.24) is 18.9 Å². The molecule has 0 atom stereocenters. The maximum atomic E-state index is 13.8. The van der Waals surface area contributed by atoms with Crippen LogP contribution in [0.4, 0.5) is 13.2 Å². The Hall–Kier alpha value is -2.68. The third-order valence-corrected chi connectivity index (χ3v) is 3.41. The molecule has 0 fully saturated rings. The summed E-state index contributed by atoms with van der Waals surface area (Å²) in [4.78, 5) is 30.4. The molecule has 10 heteroatoms. The fraction of sp³-hybridized carbons (Fsp3) is 0.143. The van der Waals surface area contributed by atoms with Crippen LogP contribution in [0, 0.1) is 12.9 Å². The zero-order valence-corrected chi connectivity index (χ0v) is 13.0. The molecule has 1 aromatic carbocycles. The van der Waals surface area contributed by atoms with Gasteiger partial charge in [-0.2, -0.15) is 14.4 Å². The van der Waals surface area contributed by atoms with E-state index in [2.05, 4.69) is 9.97 Å². The minimum absolute atomic E-state index is 0.151. The Morgan fingerprint density at radius 2 is 1.88 bits per heavy atom. The molecule has 126 valence electrons. The second-order valence-electron chi connectivity index (χ2n) is 4.48. The Morgan fingerprint density at radius 3 is 2.50 bits per heavy atom. The summed E-state index contributed by atoms with van der Waals surface area (Å²) in [6.07, 6.45) is 0.985. The minimum atomic E-state index is -1.75. The Bertz CT molecular complexity index is 1000. The summed E-state index contributed by atoms with van der Waals surface area (Å²) in [6.45, 7) is 0.0176. The Morgan fingerprint density at radius 1 is 1.21 bits per heavy atom. The van der Waals surface area contributed by atoms with Crippen molar-refractivity contribution in [2.24, 2.45) is 0 Å². The highest BCUT2D eigenvalue weighted by Crippen LogP contribution is 2.19. The number of hydrogen-bond donors (Lipinski definition) is 0. The summed E-state index contributed by atoms with van der Waals surface area (Å²) in [6, 6.07) is 5.64. The summed E-state index contributed by atoms with van der Waals surface area (Å²) in [5, 5.41) is 0.532. The number of hydrogen-bond acceptors (Lipinski definition) is 4. The molecule has 2 aromatic heterocycles. The Labute approximate surface area is 137 Å². The smallest absolute Gasteiger partial charge is 0.269 e. The van der Waals surface area contributed by atoms with Gasteiger partial charge in [0.2, 0.25) is 18.7 Å². The number of aryl methyl sites for hydroxylation is 1. The number of aromatic nitrogens is 4. The van der Waals surface area contributed by atoms with Gasteiger partial charge in [0.05, 0.1) is 11.8 Å². The molecule has 24 heavy (non-hydrogen) atoms. The molecular weight excluding hydrogens is 349 g/mol. The number of alkyl halides is 2. The van der Waals surface area contributed by atoms with E-state index in [0.29, 0.717) is 10.7 Å². The van der Waals surface area contributed by atoms with Gasteiger partial charge in [0.1, 0.15) is 6.33 Å². The molecule has 3 rings (SSSR count). The first kappa shape index (κ1) is 17.7. The average molecular weight is 359 g/mol. The molecule has 0 amide bonds. The van der Waals surface area contributed by atoms with Crippen LogP contribution in [-0.4, -0.2) is 25.9 Å². The van der Waals surface area contributed by atoms with Crippen molar-refractivity contribution in [3.05, 3.63) is 68.0 Å². The zero-order chi connectivity index (χ0) is 17.9. The lowest BCUT2D eigenvalue weighted by Crippen LogP contribution is -2.26. The van der Waals surface area contributed by atoms with E-state index in [9.17, 15) is 22.8 Å². The first-order valence-corrected chi connectivity index (χ1v) is 6.82. The van der Waals surface area contributed by atoms with Crippen LogP contribution in [0.3, 0.4) is 0 Å². The van der Waals surface area contributed by atoms with Crippen molar-refractivity contribution in [2.45, 2.75) is 6.92 Å². The van der Waals surface area contributed by atoms with Crippen molar-refractivity contribution >= 4 is 17.4 Å². The molecule has 0 N–H and O–H groups in total. The van der Waals surface area contributed by atoms with Gasteiger partial charge >= 0.3 is 5.69 Å². The van der Waals surface area contributed by atoms with Crippen LogP contribution in [0.2, 0.25) is 5.02 Å². The second-order valence-corrected chi connectivity index (χ2v) is 4.89. The SMILES string of the molecule is Cc1cc(-n2c(=O)cc(F)n3cnc(=O)nc23)ccc1Cl.FCF. The molecule has 0 bridgehead atoms. The molecule has 0 saturated heterocycles. The molecular formula is C14H10ClF3N4O2.